The molecule has 0 spiro atoms. The van der Waals surface area contributed by atoms with Gasteiger partial charge in [0.25, 0.3) is 0 Å². The maximum Gasteiger partial charge on any atom is 0.203 e. The molecule has 0 unspecified atom stereocenters. The summed E-state index contributed by atoms with van der Waals surface area (Å²) in [6.07, 6.45) is 1.76. The number of para-hydroxylation sites is 1. The molecule has 7 nitrogen and oxygen atoms in total. The van der Waals surface area contributed by atoms with Gasteiger partial charge < -0.3 is 29.1 Å². The lowest BCUT2D eigenvalue weighted by molar-refractivity contribution is 0.324. The van der Waals surface area contributed by atoms with Crippen LogP contribution in [0.4, 0.5) is 0 Å². The fourth-order valence-electron chi connectivity index (χ4n) is 3.50. The monoisotopic (exact) mass is 420 g/mol. The van der Waals surface area contributed by atoms with Gasteiger partial charge in [-0.1, -0.05) is 18.2 Å². The number of methoxy groups -OCH3 is 3. The topological polar surface area (TPSA) is 89.0 Å². The van der Waals surface area contributed by atoms with Crippen LogP contribution in [0.25, 0.3) is 33.6 Å². The van der Waals surface area contributed by atoms with Crippen LogP contribution in [-0.2, 0) is 0 Å². The lowest BCUT2D eigenvalue weighted by Crippen LogP contribution is -2.11. The first kappa shape index (κ1) is 20.6. The molecule has 4 rings (SSSR count). The van der Waals surface area contributed by atoms with Gasteiger partial charge in [-0.15, -0.1) is 0 Å². The molecule has 0 radical (unpaired) electrons. The molecular weight excluding hydrogens is 396 g/mol. The van der Waals surface area contributed by atoms with Crippen LogP contribution >= 0.6 is 0 Å². The third-order valence-electron chi connectivity index (χ3n) is 4.91. The molecule has 2 N–H and O–H groups in total. The zero-order valence-electron chi connectivity index (χ0n) is 17.7. The molecule has 0 atom stereocenters. The molecule has 0 saturated carbocycles. The summed E-state index contributed by atoms with van der Waals surface area (Å²) in [6.45, 7) is 0.867. The third-order valence-corrected chi connectivity index (χ3v) is 4.91. The summed E-state index contributed by atoms with van der Waals surface area (Å²) in [4.78, 5) is 4.48. The van der Waals surface area contributed by atoms with Gasteiger partial charge in [-0.2, -0.15) is 0 Å². The number of aromatic nitrogens is 1. The number of furan rings is 1. The summed E-state index contributed by atoms with van der Waals surface area (Å²) < 4.78 is 28.5. The second kappa shape index (κ2) is 8.97. The van der Waals surface area contributed by atoms with Crippen LogP contribution in [0.15, 0.2) is 59.1 Å². The Hall–Kier alpha value is -3.71. The van der Waals surface area contributed by atoms with Gasteiger partial charge in [0.05, 0.1) is 21.3 Å². The van der Waals surface area contributed by atoms with Gasteiger partial charge in [-0.25, -0.2) is 0 Å². The smallest absolute Gasteiger partial charge is 0.203 e. The molecule has 2 aromatic carbocycles. The molecule has 0 amide bonds. The van der Waals surface area contributed by atoms with E-state index in [2.05, 4.69) is 4.98 Å². The first-order valence-electron chi connectivity index (χ1n) is 9.81. The predicted octanol–water partition coefficient (Wildman–Crippen LogP) is 4.53. The summed E-state index contributed by atoms with van der Waals surface area (Å²) >= 11 is 0. The maximum atomic E-state index is 6.28. The fraction of sp³-hybridized carbons (Fsp3) is 0.208. The Morgan fingerprint density at radius 1 is 0.871 bits per heavy atom. The fourth-order valence-corrected chi connectivity index (χ4v) is 3.50. The molecule has 0 aliphatic carbocycles. The summed E-state index contributed by atoms with van der Waals surface area (Å²) in [5.41, 5.74) is 9.58. The van der Waals surface area contributed by atoms with Gasteiger partial charge in [0, 0.05) is 35.5 Å². The normalized spacial score (nSPS) is 10.8. The number of fused-ring (bicyclic) bond motifs is 1. The van der Waals surface area contributed by atoms with E-state index in [9.17, 15) is 0 Å². The molecule has 2 aromatic heterocycles. The van der Waals surface area contributed by atoms with Crippen molar-refractivity contribution in [3.63, 3.8) is 0 Å². The summed E-state index contributed by atoms with van der Waals surface area (Å²) in [6, 6.07) is 15.3. The molecule has 0 saturated heterocycles. The second-order valence-electron chi connectivity index (χ2n) is 6.73. The van der Waals surface area contributed by atoms with Crippen molar-refractivity contribution in [2.75, 3.05) is 34.5 Å². The molecule has 7 heteroatoms. The lowest BCUT2D eigenvalue weighted by Gasteiger charge is -2.13. The summed E-state index contributed by atoms with van der Waals surface area (Å²) in [5.74, 6) is 2.99. The van der Waals surface area contributed by atoms with Gasteiger partial charge in [0.2, 0.25) is 5.75 Å². The Morgan fingerprint density at radius 2 is 1.61 bits per heavy atom. The lowest BCUT2D eigenvalue weighted by atomic mass is 10.0. The first-order chi connectivity index (χ1) is 15.2. The van der Waals surface area contributed by atoms with Crippen molar-refractivity contribution >= 4 is 11.1 Å². The average Bonchev–Trinajstić information content (AvgIpc) is 3.26. The van der Waals surface area contributed by atoms with E-state index in [1.165, 1.54) is 0 Å². The first-order valence-corrected chi connectivity index (χ1v) is 9.81. The number of hydrogen-bond acceptors (Lipinski definition) is 7. The molecule has 2 heterocycles. The van der Waals surface area contributed by atoms with Crippen molar-refractivity contribution in [3.8, 4) is 45.4 Å². The number of rotatable bonds is 8. The number of hydrogen-bond donors (Lipinski definition) is 1. The zero-order valence-corrected chi connectivity index (χ0v) is 17.7. The Bertz CT molecular complexity index is 1180. The van der Waals surface area contributed by atoms with E-state index in [1.807, 2.05) is 48.5 Å². The SMILES string of the molecule is COc1cc(-c2cc3nccc(-c4ccccc4OCCN)c3o2)cc(OC)c1OC. The molecule has 31 heavy (non-hydrogen) atoms. The number of pyridine rings is 1. The van der Waals surface area contributed by atoms with E-state index in [0.717, 1.165) is 28.0 Å². The van der Waals surface area contributed by atoms with Crippen LogP contribution in [0.3, 0.4) is 0 Å². The van der Waals surface area contributed by atoms with Crippen LogP contribution in [0.2, 0.25) is 0 Å². The van der Waals surface area contributed by atoms with Crippen LogP contribution in [0.5, 0.6) is 23.0 Å². The largest absolute Gasteiger partial charge is 0.493 e. The molecule has 0 bridgehead atoms. The highest BCUT2D eigenvalue weighted by Gasteiger charge is 2.19. The van der Waals surface area contributed by atoms with Gasteiger partial charge in [0.1, 0.15) is 23.6 Å². The minimum Gasteiger partial charge on any atom is -0.493 e. The minimum absolute atomic E-state index is 0.431. The predicted molar refractivity (Wildman–Crippen MR) is 119 cm³/mol. The van der Waals surface area contributed by atoms with Gasteiger partial charge >= 0.3 is 0 Å². The Morgan fingerprint density at radius 3 is 2.29 bits per heavy atom. The number of nitrogens with two attached hydrogens (primary N) is 1. The molecule has 0 aliphatic rings. The van der Waals surface area contributed by atoms with Crippen molar-refractivity contribution < 1.29 is 23.4 Å². The van der Waals surface area contributed by atoms with Crippen molar-refractivity contribution in [3.05, 3.63) is 54.7 Å². The standard InChI is InChI=1S/C24H24N2O5/c1-27-21-12-15(13-22(28-2)24(21)29-3)20-14-18-23(31-20)17(8-10-26-18)16-6-4-5-7-19(16)30-11-9-25/h4-8,10,12-14H,9,11,25H2,1-3H3. The maximum absolute atomic E-state index is 6.28. The molecular formula is C24H24N2O5. The Kier molecular flexibility index (Phi) is 5.95. The molecule has 0 aliphatic heterocycles. The second-order valence-corrected chi connectivity index (χ2v) is 6.73. The summed E-state index contributed by atoms with van der Waals surface area (Å²) in [5, 5.41) is 0. The highest BCUT2D eigenvalue weighted by molar-refractivity contribution is 5.94. The van der Waals surface area contributed by atoms with Crippen LogP contribution in [0, 0.1) is 0 Å². The highest BCUT2D eigenvalue weighted by atomic mass is 16.5. The zero-order chi connectivity index (χ0) is 21.8. The molecule has 160 valence electrons. The van der Waals surface area contributed by atoms with Crippen LogP contribution < -0.4 is 24.7 Å². The Balaban J connectivity index is 1.85. The highest BCUT2D eigenvalue weighted by Crippen LogP contribution is 2.43. The average molecular weight is 420 g/mol. The van der Waals surface area contributed by atoms with E-state index in [-0.39, 0.29) is 0 Å². The van der Waals surface area contributed by atoms with E-state index < -0.39 is 0 Å². The van der Waals surface area contributed by atoms with E-state index in [1.54, 1.807) is 27.5 Å². The van der Waals surface area contributed by atoms with Crippen molar-refractivity contribution in [1.82, 2.24) is 4.98 Å². The molecule has 4 aromatic rings. The summed E-state index contributed by atoms with van der Waals surface area (Å²) in [7, 11) is 4.73. The Labute approximate surface area is 180 Å². The van der Waals surface area contributed by atoms with E-state index >= 15 is 0 Å². The van der Waals surface area contributed by atoms with Gasteiger partial charge in [0.15, 0.2) is 17.1 Å². The van der Waals surface area contributed by atoms with Gasteiger partial charge in [-0.05, 0) is 24.3 Å². The van der Waals surface area contributed by atoms with Crippen LogP contribution in [0.1, 0.15) is 0 Å². The van der Waals surface area contributed by atoms with Gasteiger partial charge in [-0.3, -0.25) is 4.98 Å². The number of ether oxygens (including phenoxy) is 4. The van der Waals surface area contributed by atoms with E-state index in [4.69, 9.17) is 29.1 Å². The van der Waals surface area contributed by atoms with Crippen molar-refractivity contribution in [1.29, 1.82) is 0 Å². The van der Waals surface area contributed by atoms with Crippen LogP contribution in [-0.4, -0.2) is 39.5 Å². The quantitative estimate of drug-likeness (QED) is 0.448. The van der Waals surface area contributed by atoms with E-state index in [0.29, 0.717) is 41.7 Å². The minimum atomic E-state index is 0.431. The number of nitrogens with zero attached hydrogens (tertiary/aromatic N) is 1. The van der Waals surface area contributed by atoms with Crippen molar-refractivity contribution in [2.45, 2.75) is 0 Å². The molecule has 0 fully saturated rings. The number of benzene rings is 2. The van der Waals surface area contributed by atoms with Crippen molar-refractivity contribution in [2.24, 2.45) is 5.73 Å². The third kappa shape index (κ3) is 3.87.